The van der Waals surface area contributed by atoms with Crippen molar-refractivity contribution in [2.24, 2.45) is 0 Å². The van der Waals surface area contributed by atoms with E-state index in [1.54, 1.807) is 32.2 Å². The number of hydrogen-bond donors (Lipinski definition) is 2. The van der Waals surface area contributed by atoms with Crippen LogP contribution in [-0.2, 0) is 0 Å². The van der Waals surface area contributed by atoms with Gasteiger partial charge in [0.2, 0.25) is 0 Å². The van der Waals surface area contributed by atoms with Crippen molar-refractivity contribution in [2.45, 2.75) is 20.5 Å². The molecule has 0 aliphatic rings. The predicted molar refractivity (Wildman–Crippen MR) is 91.5 cm³/mol. The molecular weight excluding hydrogens is 344 g/mol. The first-order chi connectivity index (χ1) is 12.4. The zero-order valence-electron chi connectivity index (χ0n) is 14.4. The van der Waals surface area contributed by atoms with Crippen LogP contribution in [0.15, 0.2) is 36.7 Å². The molecule has 0 aliphatic carbocycles. The highest BCUT2D eigenvalue weighted by Gasteiger charge is 2.14. The van der Waals surface area contributed by atoms with Crippen LogP contribution in [0.4, 0.5) is 8.78 Å². The van der Waals surface area contributed by atoms with Gasteiger partial charge in [-0.25, -0.2) is 0 Å². The van der Waals surface area contributed by atoms with Crippen molar-refractivity contribution in [3.63, 3.8) is 0 Å². The molecule has 2 amide bonds. The normalized spacial score (nSPS) is 10.5. The number of carbonyl (C=O) groups excluding carboxylic acids is 2. The van der Waals surface area contributed by atoms with Gasteiger partial charge in [0.15, 0.2) is 0 Å². The van der Waals surface area contributed by atoms with E-state index in [0.29, 0.717) is 22.3 Å². The van der Waals surface area contributed by atoms with Crippen LogP contribution in [0.5, 0.6) is 5.75 Å². The Bertz CT molecular complexity index is 760. The first kappa shape index (κ1) is 19.3. The highest BCUT2D eigenvalue weighted by atomic mass is 19.3. The van der Waals surface area contributed by atoms with Crippen LogP contribution in [-0.4, -0.2) is 36.5 Å². The minimum Gasteiger partial charge on any atom is -0.434 e. The zero-order chi connectivity index (χ0) is 19.1. The summed E-state index contributed by atoms with van der Waals surface area (Å²) in [6.07, 6.45) is 3.01. The fraction of sp³-hybridized carbons (Fsp3) is 0.278. The largest absolute Gasteiger partial charge is 0.434 e. The molecule has 0 bridgehead atoms. The average molecular weight is 363 g/mol. The molecule has 0 atom stereocenters. The second-order valence-corrected chi connectivity index (χ2v) is 5.57. The molecule has 8 heteroatoms. The molecular formula is C18H19F2N3O3. The first-order valence-electron chi connectivity index (χ1n) is 7.91. The van der Waals surface area contributed by atoms with Gasteiger partial charge in [0.1, 0.15) is 5.75 Å². The van der Waals surface area contributed by atoms with Crippen LogP contribution >= 0.6 is 0 Å². The zero-order valence-corrected chi connectivity index (χ0v) is 14.4. The van der Waals surface area contributed by atoms with E-state index in [1.807, 2.05) is 0 Å². The van der Waals surface area contributed by atoms with Crippen molar-refractivity contribution in [1.29, 1.82) is 0 Å². The third kappa shape index (κ3) is 5.23. The molecule has 6 nitrogen and oxygen atoms in total. The molecule has 26 heavy (non-hydrogen) atoms. The Balaban J connectivity index is 1.87. The molecule has 2 N–H and O–H groups in total. The summed E-state index contributed by atoms with van der Waals surface area (Å²) in [6.45, 7) is 0.725. The maximum Gasteiger partial charge on any atom is 0.387 e. The minimum atomic E-state index is -2.92. The topological polar surface area (TPSA) is 80.3 Å². The maximum absolute atomic E-state index is 12.4. The summed E-state index contributed by atoms with van der Waals surface area (Å²) in [5.74, 6) is -0.580. The van der Waals surface area contributed by atoms with Gasteiger partial charge in [-0.05, 0) is 49.2 Å². The minimum absolute atomic E-state index is 0.0697. The Morgan fingerprint density at radius 2 is 1.65 bits per heavy atom. The number of nitrogens with one attached hydrogen (secondary N) is 2. The summed E-state index contributed by atoms with van der Waals surface area (Å²) in [5, 5.41) is 5.32. The second kappa shape index (κ2) is 8.89. The Morgan fingerprint density at radius 3 is 2.15 bits per heavy atom. The summed E-state index contributed by atoms with van der Waals surface area (Å²) in [7, 11) is 0. The van der Waals surface area contributed by atoms with E-state index in [9.17, 15) is 18.4 Å². The summed E-state index contributed by atoms with van der Waals surface area (Å²) in [4.78, 5) is 27.9. The molecule has 1 aromatic carbocycles. The van der Waals surface area contributed by atoms with Crippen LogP contribution in [0.3, 0.4) is 0 Å². The Labute approximate surface area is 149 Å². The number of carbonyl (C=O) groups is 2. The van der Waals surface area contributed by atoms with E-state index in [2.05, 4.69) is 20.4 Å². The highest BCUT2D eigenvalue weighted by molar-refractivity contribution is 5.95. The molecule has 1 heterocycles. The smallest absolute Gasteiger partial charge is 0.387 e. The molecule has 0 saturated heterocycles. The van der Waals surface area contributed by atoms with Gasteiger partial charge < -0.3 is 15.4 Å². The Morgan fingerprint density at radius 1 is 1.08 bits per heavy atom. The lowest BCUT2D eigenvalue weighted by Gasteiger charge is -2.13. The van der Waals surface area contributed by atoms with Crippen LogP contribution in [0, 0.1) is 13.8 Å². The van der Waals surface area contributed by atoms with Gasteiger partial charge in [0, 0.05) is 31.0 Å². The Kier molecular flexibility index (Phi) is 6.60. The number of aryl methyl sites for hydroxylation is 2. The number of aromatic nitrogens is 1. The number of pyridine rings is 1. The SMILES string of the molecule is Cc1cc(C(=O)NCCNC(=O)c2cccnc2)cc(C)c1OC(F)F. The fourth-order valence-electron chi connectivity index (χ4n) is 2.41. The van der Waals surface area contributed by atoms with Gasteiger partial charge >= 0.3 is 6.61 Å². The lowest BCUT2D eigenvalue weighted by atomic mass is 10.1. The van der Waals surface area contributed by atoms with Crippen molar-refractivity contribution in [3.8, 4) is 5.75 Å². The number of hydrogen-bond acceptors (Lipinski definition) is 4. The third-order valence-electron chi connectivity index (χ3n) is 3.55. The first-order valence-corrected chi connectivity index (χ1v) is 7.91. The molecule has 0 spiro atoms. The van der Waals surface area contributed by atoms with Gasteiger partial charge in [0.25, 0.3) is 11.8 Å². The molecule has 2 aromatic rings. The average Bonchev–Trinajstić information content (AvgIpc) is 2.61. The van der Waals surface area contributed by atoms with E-state index in [0.717, 1.165) is 0 Å². The van der Waals surface area contributed by atoms with Gasteiger partial charge in [0.05, 0.1) is 5.56 Å². The lowest BCUT2D eigenvalue weighted by molar-refractivity contribution is -0.0507. The summed E-state index contributed by atoms with van der Waals surface area (Å²) in [5.41, 5.74) is 1.65. The van der Waals surface area contributed by atoms with E-state index in [4.69, 9.17) is 0 Å². The molecule has 0 saturated carbocycles. The molecule has 1 aromatic heterocycles. The van der Waals surface area contributed by atoms with Gasteiger partial charge in [-0.1, -0.05) is 0 Å². The summed E-state index contributed by atoms with van der Waals surface area (Å²) < 4.78 is 29.2. The number of halogens is 2. The molecule has 0 radical (unpaired) electrons. The standard InChI is InChI=1S/C18H19F2N3O3/c1-11-8-14(9-12(2)15(11)26-18(19)20)17(25)23-7-6-22-16(24)13-4-3-5-21-10-13/h3-5,8-10,18H,6-7H2,1-2H3,(H,22,24)(H,23,25). The second-order valence-electron chi connectivity index (χ2n) is 5.57. The predicted octanol–water partition coefficient (Wildman–Crippen LogP) is 2.46. The maximum atomic E-state index is 12.4. The lowest BCUT2D eigenvalue weighted by Crippen LogP contribution is -2.34. The van der Waals surface area contributed by atoms with Crippen molar-refractivity contribution < 1.29 is 23.1 Å². The van der Waals surface area contributed by atoms with Crippen LogP contribution in [0.2, 0.25) is 0 Å². The van der Waals surface area contributed by atoms with Crippen molar-refractivity contribution in [3.05, 3.63) is 58.9 Å². The number of ether oxygens (including phenoxy) is 1. The number of nitrogens with zero attached hydrogens (tertiary/aromatic N) is 1. The molecule has 0 unspecified atom stereocenters. The van der Waals surface area contributed by atoms with Crippen molar-refractivity contribution >= 4 is 11.8 Å². The van der Waals surface area contributed by atoms with Crippen LogP contribution in [0.1, 0.15) is 31.8 Å². The number of benzene rings is 1. The van der Waals surface area contributed by atoms with E-state index in [-0.39, 0.29) is 30.7 Å². The van der Waals surface area contributed by atoms with Crippen LogP contribution < -0.4 is 15.4 Å². The summed E-state index contributed by atoms with van der Waals surface area (Å²) >= 11 is 0. The number of amides is 2. The Hall–Kier alpha value is -3.03. The van der Waals surface area contributed by atoms with Gasteiger partial charge in [-0.3, -0.25) is 14.6 Å². The molecule has 138 valence electrons. The van der Waals surface area contributed by atoms with E-state index in [1.165, 1.54) is 18.3 Å². The van der Waals surface area contributed by atoms with Gasteiger partial charge in [-0.2, -0.15) is 8.78 Å². The number of alkyl halides is 2. The monoisotopic (exact) mass is 363 g/mol. The quantitative estimate of drug-likeness (QED) is 0.741. The van der Waals surface area contributed by atoms with E-state index >= 15 is 0 Å². The van der Waals surface area contributed by atoms with Crippen molar-refractivity contribution in [2.75, 3.05) is 13.1 Å². The molecule has 0 aliphatic heterocycles. The molecule has 2 rings (SSSR count). The molecule has 0 fully saturated rings. The van der Waals surface area contributed by atoms with E-state index < -0.39 is 6.61 Å². The fourth-order valence-corrected chi connectivity index (χ4v) is 2.41. The van der Waals surface area contributed by atoms with Crippen LogP contribution in [0.25, 0.3) is 0 Å². The third-order valence-corrected chi connectivity index (χ3v) is 3.55. The van der Waals surface area contributed by atoms with Gasteiger partial charge in [-0.15, -0.1) is 0 Å². The summed E-state index contributed by atoms with van der Waals surface area (Å²) in [6, 6.07) is 6.25. The number of rotatable bonds is 7. The van der Waals surface area contributed by atoms with Crippen molar-refractivity contribution in [1.82, 2.24) is 15.6 Å². The highest BCUT2D eigenvalue weighted by Crippen LogP contribution is 2.26.